The summed E-state index contributed by atoms with van der Waals surface area (Å²) in [5, 5.41) is 8.18. The molecule has 3 heteroatoms. The van der Waals surface area contributed by atoms with Crippen molar-refractivity contribution >= 4 is 0 Å². The summed E-state index contributed by atoms with van der Waals surface area (Å²) in [7, 11) is 0. The van der Waals surface area contributed by atoms with Crippen LogP contribution in [0, 0.1) is 11.3 Å². The summed E-state index contributed by atoms with van der Waals surface area (Å²) in [4.78, 5) is 4.59. The highest BCUT2D eigenvalue weighted by molar-refractivity contribution is 4.76. The molecule has 0 aromatic heterocycles. The number of hydrogen-bond acceptors (Lipinski definition) is 3. The minimum atomic E-state index is -0.351. The molecule has 0 aromatic rings. The van der Waals surface area contributed by atoms with Gasteiger partial charge in [0.15, 0.2) is 0 Å². The van der Waals surface area contributed by atoms with E-state index in [1.165, 1.54) is 0 Å². The van der Waals surface area contributed by atoms with E-state index < -0.39 is 0 Å². The maximum Gasteiger partial charge on any atom is 0.0847 e. The summed E-state index contributed by atoms with van der Waals surface area (Å²) in [6.07, 6.45) is 1.17. The zero-order valence-corrected chi connectivity index (χ0v) is 5.85. The van der Waals surface area contributed by atoms with Crippen LogP contribution in [-0.4, -0.2) is 5.60 Å². The monoisotopic (exact) mass is 128 g/mol. The van der Waals surface area contributed by atoms with Crippen molar-refractivity contribution in [2.45, 2.75) is 32.3 Å². The molecule has 0 aromatic carbocycles. The zero-order valence-electron chi connectivity index (χ0n) is 5.85. The molecule has 0 fully saturated rings. The lowest BCUT2D eigenvalue weighted by molar-refractivity contribution is -0.0242. The molecule has 0 aliphatic rings. The van der Waals surface area contributed by atoms with E-state index >= 15 is 0 Å². The average Bonchev–Trinajstić information content (AvgIpc) is 1.84. The predicted molar refractivity (Wildman–Crippen MR) is 34.2 cm³/mol. The van der Waals surface area contributed by atoms with Crippen LogP contribution in [0.1, 0.15) is 26.7 Å². The highest BCUT2D eigenvalue weighted by Crippen LogP contribution is 2.12. The lowest BCUT2D eigenvalue weighted by Gasteiger charge is -2.19. The van der Waals surface area contributed by atoms with Crippen LogP contribution in [0.2, 0.25) is 0 Å². The maximum absolute atomic E-state index is 8.18. The summed E-state index contributed by atoms with van der Waals surface area (Å²) in [6, 6.07) is 2.02. The van der Waals surface area contributed by atoms with Crippen molar-refractivity contribution < 1.29 is 4.84 Å². The van der Waals surface area contributed by atoms with Gasteiger partial charge in [-0.15, -0.1) is 0 Å². The minimum Gasteiger partial charge on any atom is -0.299 e. The molecule has 0 aliphatic heterocycles. The van der Waals surface area contributed by atoms with Crippen molar-refractivity contribution in [2.75, 3.05) is 0 Å². The van der Waals surface area contributed by atoms with Gasteiger partial charge in [0.1, 0.15) is 0 Å². The van der Waals surface area contributed by atoms with Crippen molar-refractivity contribution in [1.82, 2.24) is 0 Å². The van der Waals surface area contributed by atoms with Gasteiger partial charge in [-0.05, 0) is 20.3 Å². The second-order valence-electron chi connectivity index (χ2n) is 2.54. The third-order valence-corrected chi connectivity index (χ3v) is 1.16. The summed E-state index contributed by atoms with van der Waals surface area (Å²) in [5.41, 5.74) is -0.351. The van der Waals surface area contributed by atoms with Crippen molar-refractivity contribution in [2.24, 2.45) is 5.90 Å². The van der Waals surface area contributed by atoms with Crippen LogP contribution in [0.4, 0.5) is 0 Å². The van der Waals surface area contributed by atoms with Gasteiger partial charge in [0, 0.05) is 6.42 Å². The number of hydrogen-bond donors (Lipinski definition) is 1. The Balaban J connectivity index is 3.48. The van der Waals surface area contributed by atoms with E-state index in [0.717, 1.165) is 0 Å². The Kier molecular flexibility index (Phi) is 3.21. The van der Waals surface area contributed by atoms with Crippen molar-refractivity contribution in [3.63, 3.8) is 0 Å². The van der Waals surface area contributed by atoms with Crippen LogP contribution in [-0.2, 0) is 4.84 Å². The molecule has 0 aliphatic carbocycles. The molecule has 0 heterocycles. The van der Waals surface area contributed by atoms with E-state index in [1.54, 1.807) is 0 Å². The fraction of sp³-hybridized carbons (Fsp3) is 0.833. The van der Waals surface area contributed by atoms with Gasteiger partial charge in [-0.3, -0.25) is 4.84 Å². The third-order valence-electron chi connectivity index (χ3n) is 1.16. The Morgan fingerprint density at radius 2 is 2.22 bits per heavy atom. The van der Waals surface area contributed by atoms with E-state index in [4.69, 9.17) is 11.2 Å². The van der Waals surface area contributed by atoms with Gasteiger partial charge < -0.3 is 0 Å². The highest BCUT2D eigenvalue weighted by Gasteiger charge is 2.15. The molecule has 0 radical (unpaired) electrons. The SMILES string of the molecule is CC(C)(CCC#N)ON. The normalized spacial score (nSPS) is 10.9. The van der Waals surface area contributed by atoms with Crippen molar-refractivity contribution in [3.05, 3.63) is 0 Å². The Labute approximate surface area is 55.4 Å². The Morgan fingerprint density at radius 1 is 1.67 bits per heavy atom. The van der Waals surface area contributed by atoms with E-state index in [1.807, 2.05) is 19.9 Å². The fourth-order valence-corrected chi connectivity index (χ4v) is 0.416. The number of nitrogens with zero attached hydrogens (tertiary/aromatic N) is 1. The van der Waals surface area contributed by atoms with Gasteiger partial charge in [0.05, 0.1) is 11.7 Å². The zero-order chi connectivity index (χ0) is 7.33. The summed E-state index contributed by atoms with van der Waals surface area (Å²) < 4.78 is 0. The molecule has 0 bridgehead atoms. The molecule has 0 saturated heterocycles. The van der Waals surface area contributed by atoms with Crippen LogP contribution in [0.15, 0.2) is 0 Å². The van der Waals surface area contributed by atoms with E-state index in [-0.39, 0.29) is 5.60 Å². The molecule has 2 N–H and O–H groups in total. The molecule has 0 rings (SSSR count). The first-order chi connectivity index (χ1) is 4.12. The van der Waals surface area contributed by atoms with Crippen LogP contribution < -0.4 is 5.90 Å². The fourth-order valence-electron chi connectivity index (χ4n) is 0.416. The van der Waals surface area contributed by atoms with Crippen LogP contribution >= 0.6 is 0 Å². The molecule has 0 saturated carbocycles. The van der Waals surface area contributed by atoms with E-state index in [2.05, 4.69) is 4.84 Å². The topological polar surface area (TPSA) is 59.0 Å². The second-order valence-corrected chi connectivity index (χ2v) is 2.54. The molecular formula is C6H12N2O. The highest BCUT2D eigenvalue weighted by atomic mass is 16.6. The number of nitriles is 1. The van der Waals surface area contributed by atoms with Gasteiger partial charge in [-0.1, -0.05) is 0 Å². The molecule has 0 spiro atoms. The first-order valence-corrected chi connectivity index (χ1v) is 2.87. The van der Waals surface area contributed by atoms with Gasteiger partial charge >= 0.3 is 0 Å². The maximum atomic E-state index is 8.18. The molecule has 3 nitrogen and oxygen atoms in total. The Hall–Kier alpha value is -0.590. The summed E-state index contributed by atoms with van der Waals surface area (Å²) >= 11 is 0. The lowest BCUT2D eigenvalue weighted by Crippen LogP contribution is -2.27. The third kappa shape index (κ3) is 3.95. The van der Waals surface area contributed by atoms with Gasteiger partial charge in [0.25, 0.3) is 0 Å². The molecular weight excluding hydrogens is 116 g/mol. The van der Waals surface area contributed by atoms with Crippen molar-refractivity contribution in [1.29, 1.82) is 5.26 Å². The van der Waals surface area contributed by atoms with E-state index in [9.17, 15) is 0 Å². The average molecular weight is 128 g/mol. The second kappa shape index (κ2) is 3.44. The predicted octanol–water partition coefficient (Wildman–Crippen LogP) is 0.959. The smallest absolute Gasteiger partial charge is 0.0847 e. The van der Waals surface area contributed by atoms with Crippen LogP contribution in [0.25, 0.3) is 0 Å². The molecule has 9 heavy (non-hydrogen) atoms. The quantitative estimate of drug-likeness (QED) is 0.576. The first-order valence-electron chi connectivity index (χ1n) is 2.87. The largest absolute Gasteiger partial charge is 0.299 e. The Bertz CT molecular complexity index is 115. The summed E-state index contributed by atoms with van der Waals surface area (Å²) in [5.74, 6) is 4.94. The van der Waals surface area contributed by atoms with E-state index in [0.29, 0.717) is 12.8 Å². The molecule has 0 unspecified atom stereocenters. The lowest BCUT2D eigenvalue weighted by atomic mass is 10.0. The first kappa shape index (κ1) is 8.41. The summed E-state index contributed by atoms with van der Waals surface area (Å²) in [6.45, 7) is 3.70. The number of rotatable bonds is 3. The van der Waals surface area contributed by atoms with Gasteiger partial charge in [-0.25, -0.2) is 5.90 Å². The van der Waals surface area contributed by atoms with Gasteiger partial charge in [0.2, 0.25) is 0 Å². The standard InChI is InChI=1S/C6H12N2O/c1-6(2,9-8)4-3-5-7/h3-4,8H2,1-2H3. The molecule has 0 amide bonds. The van der Waals surface area contributed by atoms with Crippen molar-refractivity contribution in [3.8, 4) is 6.07 Å². The minimum absolute atomic E-state index is 0.351. The molecule has 52 valence electrons. The van der Waals surface area contributed by atoms with Gasteiger partial charge in [-0.2, -0.15) is 5.26 Å². The Morgan fingerprint density at radius 3 is 2.56 bits per heavy atom. The van der Waals surface area contributed by atoms with Crippen LogP contribution in [0.3, 0.4) is 0 Å². The molecule has 0 atom stereocenters. The van der Waals surface area contributed by atoms with Crippen LogP contribution in [0.5, 0.6) is 0 Å². The number of nitrogens with two attached hydrogens (primary N) is 1.